The molecule has 0 heterocycles. The summed E-state index contributed by atoms with van der Waals surface area (Å²) in [6, 6.07) is 12.0. The molecule has 2 rings (SSSR count). The van der Waals surface area contributed by atoms with Gasteiger partial charge in [-0.15, -0.1) is 0 Å². The molecule has 17 heavy (non-hydrogen) atoms. The molecule has 0 radical (unpaired) electrons. The molecular formula is C13H11AsClFO. The zero-order valence-corrected chi connectivity index (χ0v) is 12.2. The second kappa shape index (κ2) is 5.57. The summed E-state index contributed by atoms with van der Waals surface area (Å²) in [6.07, 6.45) is 0. The van der Waals surface area contributed by atoms with Gasteiger partial charge in [0.15, 0.2) is 0 Å². The van der Waals surface area contributed by atoms with Crippen molar-refractivity contribution in [2.24, 2.45) is 0 Å². The molecule has 2 aromatic rings. The van der Waals surface area contributed by atoms with Crippen LogP contribution in [-0.2, 0) is 6.61 Å². The first-order valence-corrected chi connectivity index (χ1v) is 6.66. The maximum absolute atomic E-state index is 12.9. The number of benzene rings is 2. The summed E-state index contributed by atoms with van der Waals surface area (Å²) < 4.78 is 19.6. The van der Waals surface area contributed by atoms with Crippen molar-refractivity contribution >= 4 is 32.8 Å². The third-order valence-corrected chi connectivity index (χ3v) is 3.29. The molecule has 0 fully saturated rings. The molecule has 0 saturated heterocycles. The number of hydrogen-bond donors (Lipinski definition) is 0. The van der Waals surface area contributed by atoms with Crippen LogP contribution in [0.5, 0.6) is 5.75 Å². The van der Waals surface area contributed by atoms with Crippen LogP contribution in [0.25, 0.3) is 0 Å². The Balaban J connectivity index is 2.07. The van der Waals surface area contributed by atoms with E-state index in [-0.39, 0.29) is 5.82 Å². The van der Waals surface area contributed by atoms with Gasteiger partial charge in [0.2, 0.25) is 0 Å². The number of hydrogen-bond acceptors (Lipinski definition) is 1. The van der Waals surface area contributed by atoms with Crippen molar-refractivity contribution in [1.82, 2.24) is 0 Å². The SMILES string of the molecule is Fc1cccc(COc2ccc([AsH2])cc2Cl)c1. The minimum absolute atomic E-state index is 0.260. The molecule has 2 aromatic carbocycles. The number of halogens is 2. The fourth-order valence-corrected chi connectivity index (χ4v) is 2.44. The molecule has 4 heteroatoms. The van der Waals surface area contributed by atoms with E-state index in [0.29, 0.717) is 17.4 Å². The van der Waals surface area contributed by atoms with Crippen molar-refractivity contribution in [2.45, 2.75) is 6.61 Å². The molecule has 0 saturated carbocycles. The Hall–Kier alpha value is -0.982. The quantitative estimate of drug-likeness (QED) is 0.790. The van der Waals surface area contributed by atoms with E-state index >= 15 is 0 Å². The average Bonchev–Trinajstić information content (AvgIpc) is 2.28. The molecule has 0 spiro atoms. The molecule has 0 aliphatic heterocycles. The van der Waals surface area contributed by atoms with Gasteiger partial charge < -0.3 is 0 Å². The first kappa shape index (κ1) is 12.5. The molecular weight excluding hydrogens is 302 g/mol. The number of ether oxygens (including phenoxy) is 1. The van der Waals surface area contributed by atoms with E-state index in [9.17, 15) is 4.39 Å². The van der Waals surface area contributed by atoms with Crippen molar-refractivity contribution in [2.75, 3.05) is 0 Å². The average molecular weight is 313 g/mol. The maximum atomic E-state index is 12.9. The van der Waals surface area contributed by atoms with Gasteiger partial charge in [0.05, 0.1) is 0 Å². The normalized spacial score (nSPS) is 10.3. The van der Waals surface area contributed by atoms with Gasteiger partial charge in [0.1, 0.15) is 0 Å². The third-order valence-electron chi connectivity index (χ3n) is 2.24. The van der Waals surface area contributed by atoms with Gasteiger partial charge in [-0.05, 0) is 0 Å². The van der Waals surface area contributed by atoms with Crippen LogP contribution in [0.1, 0.15) is 5.56 Å². The van der Waals surface area contributed by atoms with Crippen LogP contribution in [0.3, 0.4) is 0 Å². The summed E-state index contributed by atoms with van der Waals surface area (Å²) in [5.74, 6) is 0.362. The van der Waals surface area contributed by atoms with Crippen molar-refractivity contribution < 1.29 is 9.13 Å². The van der Waals surface area contributed by atoms with Crippen molar-refractivity contribution in [1.29, 1.82) is 0 Å². The van der Waals surface area contributed by atoms with Crippen LogP contribution in [0.2, 0.25) is 5.02 Å². The predicted molar refractivity (Wildman–Crippen MR) is 70.4 cm³/mol. The zero-order chi connectivity index (χ0) is 12.3. The molecule has 88 valence electrons. The summed E-state index contributed by atoms with van der Waals surface area (Å²) in [4.78, 5) is 0. The molecule has 0 aliphatic rings. The second-order valence-corrected chi connectivity index (χ2v) is 5.41. The Kier molecular flexibility index (Phi) is 4.09. The first-order chi connectivity index (χ1) is 8.15. The Bertz CT molecular complexity index is 531. The summed E-state index contributed by atoms with van der Waals surface area (Å²) >= 11 is 7.55. The Labute approximate surface area is 113 Å². The summed E-state index contributed by atoms with van der Waals surface area (Å²) in [5, 5.41) is 0.586. The second-order valence-electron chi connectivity index (χ2n) is 3.61. The molecule has 0 N–H and O–H groups in total. The van der Waals surface area contributed by atoms with Crippen molar-refractivity contribution in [3.05, 3.63) is 58.9 Å². The van der Waals surface area contributed by atoms with Gasteiger partial charge in [-0.1, -0.05) is 0 Å². The minimum atomic E-state index is -0.260. The van der Waals surface area contributed by atoms with Crippen LogP contribution in [0.4, 0.5) is 4.39 Å². The molecule has 1 unspecified atom stereocenters. The molecule has 1 atom stereocenters. The van der Waals surface area contributed by atoms with Gasteiger partial charge >= 0.3 is 113 Å². The standard InChI is InChI=1S/C13H11AsClFO/c14-10-4-5-13(12(15)7-10)17-8-9-2-1-3-11(16)6-9/h1-7H,8,14H2. The van der Waals surface area contributed by atoms with E-state index < -0.39 is 0 Å². The van der Waals surface area contributed by atoms with E-state index in [2.05, 4.69) is 0 Å². The predicted octanol–water partition coefficient (Wildman–Crippen LogP) is 2.32. The van der Waals surface area contributed by atoms with Gasteiger partial charge in [0.25, 0.3) is 0 Å². The Morgan fingerprint density at radius 1 is 1.18 bits per heavy atom. The summed E-state index contributed by atoms with van der Waals surface area (Å²) in [5.41, 5.74) is 0.783. The van der Waals surface area contributed by atoms with E-state index in [1.807, 2.05) is 24.3 Å². The molecule has 0 bridgehead atoms. The van der Waals surface area contributed by atoms with Gasteiger partial charge in [0, 0.05) is 0 Å². The molecule has 0 aromatic heterocycles. The van der Waals surface area contributed by atoms with Crippen molar-refractivity contribution in [3.63, 3.8) is 0 Å². The molecule has 0 amide bonds. The van der Waals surface area contributed by atoms with Crippen LogP contribution in [-0.4, -0.2) is 16.9 Å². The van der Waals surface area contributed by atoms with Crippen LogP contribution < -0.4 is 9.09 Å². The summed E-state index contributed by atoms with van der Waals surface area (Å²) in [7, 11) is 0. The Morgan fingerprint density at radius 3 is 2.71 bits per heavy atom. The van der Waals surface area contributed by atoms with Crippen LogP contribution in [0.15, 0.2) is 42.5 Å². The monoisotopic (exact) mass is 312 g/mol. The van der Waals surface area contributed by atoms with E-state index in [0.717, 1.165) is 9.91 Å². The van der Waals surface area contributed by atoms with Crippen LogP contribution in [0, 0.1) is 5.82 Å². The topological polar surface area (TPSA) is 9.23 Å². The number of rotatable bonds is 3. The summed E-state index contributed by atoms with van der Waals surface area (Å²) in [6.45, 7) is 0.311. The van der Waals surface area contributed by atoms with Crippen molar-refractivity contribution in [3.8, 4) is 5.75 Å². The van der Waals surface area contributed by atoms with E-state index in [1.54, 1.807) is 6.07 Å². The zero-order valence-electron chi connectivity index (χ0n) is 8.99. The first-order valence-electron chi connectivity index (χ1n) is 5.07. The van der Waals surface area contributed by atoms with Gasteiger partial charge in [-0.2, -0.15) is 0 Å². The van der Waals surface area contributed by atoms with Gasteiger partial charge in [-0.3, -0.25) is 0 Å². The molecule has 1 nitrogen and oxygen atoms in total. The fourth-order valence-electron chi connectivity index (χ4n) is 1.42. The van der Waals surface area contributed by atoms with E-state index in [1.165, 1.54) is 29.0 Å². The molecule has 0 aliphatic carbocycles. The van der Waals surface area contributed by atoms with Crippen LogP contribution >= 0.6 is 11.6 Å². The Morgan fingerprint density at radius 2 is 2.00 bits per heavy atom. The third kappa shape index (κ3) is 3.49. The fraction of sp³-hybridized carbons (Fsp3) is 0.0769. The van der Waals surface area contributed by atoms with Gasteiger partial charge in [-0.25, -0.2) is 0 Å². The van der Waals surface area contributed by atoms with E-state index in [4.69, 9.17) is 16.3 Å².